The molecule has 0 heterocycles. The van der Waals surface area contributed by atoms with E-state index in [4.69, 9.17) is 11.6 Å². The van der Waals surface area contributed by atoms with E-state index >= 15 is 0 Å². The van der Waals surface area contributed by atoms with E-state index < -0.39 is 0 Å². The summed E-state index contributed by atoms with van der Waals surface area (Å²) in [5.41, 5.74) is 0.723. The van der Waals surface area contributed by atoms with Crippen LogP contribution in [0.1, 0.15) is 6.92 Å². The Morgan fingerprint density at radius 2 is 2.20 bits per heavy atom. The standard InChI is InChI=1S/C10H13ClN2O.ClH/c1-2-12-7-10(14)13-9-5-3-4-8(11)6-9;/h3-6,12H,2,7H2,1H3,(H,13,14);1H. The number of benzene rings is 1. The van der Waals surface area contributed by atoms with Crippen molar-refractivity contribution in [1.29, 1.82) is 0 Å². The molecule has 0 aromatic heterocycles. The van der Waals surface area contributed by atoms with E-state index in [1.165, 1.54) is 0 Å². The third-order valence-electron chi connectivity index (χ3n) is 1.64. The maximum atomic E-state index is 11.3. The third kappa shape index (κ3) is 5.62. The maximum absolute atomic E-state index is 11.3. The highest BCUT2D eigenvalue weighted by atomic mass is 35.5. The third-order valence-corrected chi connectivity index (χ3v) is 1.88. The highest BCUT2D eigenvalue weighted by molar-refractivity contribution is 6.30. The number of hydrogen-bond donors (Lipinski definition) is 2. The SMILES string of the molecule is CCNCC(=O)Nc1cccc(Cl)c1.Cl. The zero-order valence-corrected chi connectivity index (χ0v) is 9.99. The van der Waals surface area contributed by atoms with E-state index in [2.05, 4.69) is 10.6 Å². The lowest BCUT2D eigenvalue weighted by molar-refractivity contribution is -0.115. The van der Waals surface area contributed by atoms with Crippen LogP contribution in [-0.2, 0) is 4.79 Å². The number of anilines is 1. The van der Waals surface area contributed by atoms with Crippen molar-refractivity contribution in [2.24, 2.45) is 0 Å². The fraction of sp³-hybridized carbons (Fsp3) is 0.300. The number of amides is 1. The van der Waals surface area contributed by atoms with Gasteiger partial charge < -0.3 is 10.6 Å². The number of nitrogens with one attached hydrogen (secondary N) is 2. The molecule has 0 fully saturated rings. The van der Waals surface area contributed by atoms with Crippen molar-refractivity contribution in [2.75, 3.05) is 18.4 Å². The Bertz CT molecular complexity index is 318. The predicted octanol–water partition coefficient (Wildman–Crippen LogP) is 2.31. The first-order valence-corrected chi connectivity index (χ1v) is 4.86. The van der Waals surface area contributed by atoms with Crippen LogP contribution in [-0.4, -0.2) is 19.0 Å². The summed E-state index contributed by atoms with van der Waals surface area (Å²) < 4.78 is 0. The van der Waals surface area contributed by atoms with Gasteiger partial charge in [0.15, 0.2) is 0 Å². The second-order valence-corrected chi connectivity index (χ2v) is 3.28. The molecular formula is C10H14Cl2N2O. The summed E-state index contributed by atoms with van der Waals surface area (Å²) in [6, 6.07) is 7.08. The molecule has 0 spiro atoms. The molecule has 1 aromatic carbocycles. The summed E-state index contributed by atoms with van der Waals surface area (Å²) >= 11 is 5.77. The van der Waals surface area contributed by atoms with Crippen LogP contribution < -0.4 is 10.6 Å². The Kier molecular flexibility index (Phi) is 7.13. The molecule has 0 radical (unpaired) electrons. The zero-order valence-electron chi connectivity index (χ0n) is 8.42. The van der Waals surface area contributed by atoms with Crippen LogP contribution in [0.3, 0.4) is 0 Å². The van der Waals surface area contributed by atoms with Gasteiger partial charge in [-0.15, -0.1) is 12.4 Å². The van der Waals surface area contributed by atoms with E-state index in [1.54, 1.807) is 24.3 Å². The highest BCUT2D eigenvalue weighted by Gasteiger charge is 2.00. The molecule has 0 aliphatic heterocycles. The zero-order chi connectivity index (χ0) is 10.4. The molecule has 1 amide bonds. The number of rotatable bonds is 4. The molecule has 0 saturated carbocycles. The maximum Gasteiger partial charge on any atom is 0.238 e. The van der Waals surface area contributed by atoms with Gasteiger partial charge in [0, 0.05) is 10.7 Å². The smallest absolute Gasteiger partial charge is 0.238 e. The van der Waals surface area contributed by atoms with E-state index in [9.17, 15) is 4.79 Å². The van der Waals surface area contributed by atoms with Gasteiger partial charge in [0.25, 0.3) is 0 Å². The monoisotopic (exact) mass is 248 g/mol. The quantitative estimate of drug-likeness (QED) is 0.859. The Morgan fingerprint density at radius 3 is 2.80 bits per heavy atom. The minimum absolute atomic E-state index is 0. The lowest BCUT2D eigenvalue weighted by atomic mass is 10.3. The fourth-order valence-corrected chi connectivity index (χ4v) is 1.20. The van der Waals surface area contributed by atoms with Crippen LogP contribution in [0.4, 0.5) is 5.69 Å². The van der Waals surface area contributed by atoms with Gasteiger partial charge in [-0.2, -0.15) is 0 Å². The van der Waals surface area contributed by atoms with Crippen molar-refractivity contribution in [1.82, 2.24) is 5.32 Å². The van der Waals surface area contributed by atoms with Crippen LogP contribution in [0.2, 0.25) is 5.02 Å². The molecular weight excluding hydrogens is 235 g/mol. The minimum atomic E-state index is -0.0610. The molecule has 0 bridgehead atoms. The van der Waals surface area contributed by atoms with Crippen molar-refractivity contribution in [3.05, 3.63) is 29.3 Å². The van der Waals surface area contributed by atoms with Gasteiger partial charge in [-0.1, -0.05) is 24.6 Å². The Labute approximate surface area is 101 Å². The average molecular weight is 249 g/mol. The number of halogens is 2. The lowest BCUT2D eigenvalue weighted by Crippen LogP contribution is -2.27. The van der Waals surface area contributed by atoms with Crippen molar-refractivity contribution in [3.8, 4) is 0 Å². The summed E-state index contributed by atoms with van der Waals surface area (Å²) in [5, 5.41) is 6.29. The van der Waals surface area contributed by atoms with Gasteiger partial charge in [0.05, 0.1) is 6.54 Å². The highest BCUT2D eigenvalue weighted by Crippen LogP contribution is 2.14. The van der Waals surface area contributed by atoms with Gasteiger partial charge in [-0.3, -0.25) is 4.79 Å². The number of likely N-dealkylation sites (N-methyl/N-ethyl adjacent to an activating group) is 1. The summed E-state index contributed by atoms with van der Waals surface area (Å²) in [4.78, 5) is 11.3. The molecule has 1 aromatic rings. The Hall–Kier alpha value is -0.770. The fourth-order valence-electron chi connectivity index (χ4n) is 1.01. The number of hydrogen-bond acceptors (Lipinski definition) is 2. The van der Waals surface area contributed by atoms with Gasteiger partial charge >= 0.3 is 0 Å². The van der Waals surface area contributed by atoms with Crippen molar-refractivity contribution in [2.45, 2.75) is 6.92 Å². The molecule has 15 heavy (non-hydrogen) atoms. The molecule has 0 saturated heterocycles. The topological polar surface area (TPSA) is 41.1 Å². The van der Waals surface area contributed by atoms with Crippen LogP contribution in [0.15, 0.2) is 24.3 Å². The normalized spacial score (nSPS) is 9.20. The first-order chi connectivity index (χ1) is 6.72. The van der Waals surface area contributed by atoms with Crippen molar-refractivity contribution >= 4 is 35.6 Å². The lowest BCUT2D eigenvalue weighted by Gasteiger charge is -2.05. The van der Waals surface area contributed by atoms with Crippen LogP contribution >= 0.6 is 24.0 Å². The van der Waals surface area contributed by atoms with Gasteiger partial charge in [0.1, 0.15) is 0 Å². The van der Waals surface area contributed by atoms with Crippen LogP contribution in [0, 0.1) is 0 Å². The van der Waals surface area contributed by atoms with Crippen molar-refractivity contribution < 1.29 is 4.79 Å². The molecule has 0 aliphatic rings. The average Bonchev–Trinajstić information content (AvgIpc) is 2.15. The second-order valence-electron chi connectivity index (χ2n) is 2.84. The molecule has 0 unspecified atom stereocenters. The first-order valence-electron chi connectivity index (χ1n) is 4.48. The van der Waals surface area contributed by atoms with Gasteiger partial charge in [-0.05, 0) is 24.7 Å². The van der Waals surface area contributed by atoms with E-state index in [0.29, 0.717) is 11.6 Å². The first kappa shape index (κ1) is 14.2. The van der Waals surface area contributed by atoms with Crippen LogP contribution in [0.5, 0.6) is 0 Å². The largest absolute Gasteiger partial charge is 0.325 e. The summed E-state index contributed by atoms with van der Waals surface area (Å²) in [5.74, 6) is -0.0610. The summed E-state index contributed by atoms with van der Waals surface area (Å²) in [7, 11) is 0. The molecule has 84 valence electrons. The molecule has 1 rings (SSSR count). The predicted molar refractivity (Wildman–Crippen MR) is 65.9 cm³/mol. The second kappa shape index (κ2) is 7.51. The number of carbonyl (C=O) groups is 1. The molecule has 0 atom stereocenters. The molecule has 3 nitrogen and oxygen atoms in total. The summed E-state index contributed by atoms with van der Waals surface area (Å²) in [6.07, 6.45) is 0. The van der Waals surface area contributed by atoms with E-state index in [-0.39, 0.29) is 18.3 Å². The Morgan fingerprint density at radius 1 is 1.47 bits per heavy atom. The molecule has 0 aliphatic carbocycles. The van der Waals surface area contributed by atoms with Gasteiger partial charge in [0.2, 0.25) is 5.91 Å². The minimum Gasteiger partial charge on any atom is -0.325 e. The Balaban J connectivity index is 0.00000196. The van der Waals surface area contributed by atoms with Crippen molar-refractivity contribution in [3.63, 3.8) is 0 Å². The van der Waals surface area contributed by atoms with E-state index in [1.807, 2.05) is 6.92 Å². The number of carbonyl (C=O) groups excluding carboxylic acids is 1. The summed E-state index contributed by atoms with van der Waals surface area (Å²) in [6.45, 7) is 3.05. The molecule has 2 N–H and O–H groups in total. The van der Waals surface area contributed by atoms with E-state index in [0.717, 1.165) is 12.2 Å². The van der Waals surface area contributed by atoms with Gasteiger partial charge in [-0.25, -0.2) is 0 Å². The molecule has 5 heteroatoms. The van der Waals surface area contributed by atoms with Crippen LogP contribution in [0.25, 0.3) is 0 Å².